The maximum Gasteiger partial charge on any atom is 0.228 e. The fraction of sp³-hybridized carbons (Fsp3) is 0.429. The molecule has 3 rings (SSSR count). The first kappa shape index (κ1) is 13.5. The molecule has 0 saturated heterocycles. The first-order valence-electron chi connectivity index (χ1n) is 7.03. The van der Waals surface area contributed by atoms with Gasteiger partial charge in [0.05, 0.1) is 11.7 Å². The minimum absolute atomic E-state index is 0.105. The van der Waals surface area contributed by atoms with E-state index in [1.807, 2.05) is 0 Å². The maximum absolute atomic E-state index is 12.3. The summed E-state index contributed by atoms with van der Waals surface area (Å²) in [5.41, 5.74) is 6.11. The lowest BCUT2D eigenvalue weighted by Gasteiger charge is -2.26. The van der Waals surface area contributed by atoms with Crippen molar-refractivity contribution < 1.29 is 9.59 Å². The van der Waals surface area contributed by atoms with E-state index in [0.29, 0.717) is 12.2 Å². The summed E-state index contributed by atoms with van der Waals surface area (Å²) in [6, 6.07) is 1.79. The van der Waals surface area contributed by atoms with Gasteiger partial charge >= 0.3 is 0 Å². The number of hydrogen-bond acceptors (Lipinski definition) is 4. The summed E-state index contributed by atoms with van der Waals surface area (Å²) < 4.78 is 0. The van der Waals surface area contributed by atoms with E-state index in [0.717, 1.165) is 30.2 Å². The maximum atomic E-state index is 12.3. The van der Waals surface area contributed by atoms with E-state index in [-0.39, 0.29) is 23.7 Å². The SMILES string of the molecule is NC(=O)C1CCCC(C(=O)Nc2n[nH]c3cnccc23)C1. The second kappa shape index (κ2) is 5.51. The number of aromatic nitrogens is 3. The van der Waals surface area contributed by atoms with Crippen molar-refractivity contribution in [2.75, 3.05) is 5.32 Å². The summed E-state index contributed by atoms with van der Waals surface area (Å²) in [4.78, 5) is 27.6. The van der Waals surface area contributed by atoms with Gasteiger partial charge in [0.15, 0.2) is 5.82 Å². The standard InChI is InChI=1S/C14H17N5O2/c15-12(20)8-2-1-3-9(6-8)14(21)17-13-10-4-5-16-7-11(10)18-19-13/h4-5,7-9H,1-3,6H2,(H2,15,20)(H2,17,18,19,21). The lowest BCUT2D eigenvalue weighted by Crippen LogP contribution is -2.33. The molecule has 0 aliphatic heterocycles. The molecule has 1 aliphatic carbocycles. The molecule has 0 radical (unpaired) electrons. The fourth-order valence-corrected chi connectivity index (χ4v) is 2.87. The van der Waals surface area contributed by atoms with Crippen LogP contribution in [0.2, 0.25) is 0 Å². The van der Waals surface area contributed by atoms with Crippen molar-refractivity contribution in [3.05, 3.63) is 18.5 Å². The topological polar surface area (TPSA) is 114 Å². The minimum Gasteiger partial charge on any atom is -0.369 e. The van der Waals surface area contributed by atoms with Gasteiger partial charge in [0.1, 0.15) is 0 Å². The van der Waals surface area contributed by atoms with Gasteiger partial charge in [-0.05, 0) is 25.3 Å². The van der Waals surface area contributed by atoms with E-state index in [2.05, 4.69) is 20.5 Å². The molecular weight excluding hydrogens is 270 g/mol. The van der Waals surface area contributed by atoms with Crippen molar-refractivity contribution in [2.45, 2.75) is 25.7 Å². The molecule has 2 aromatic rings. The zero-order valence-corrected chi connectivity index (χ0v) is 11.5. The van der Waals surface area contributed by atoms with Crippen LogP contribution in [0.15, 0.2) is 18.5 Å². The van der Waals surface area contributed by atoms with Crippen molar-refractivity contribution in [1.82, 2.24) is 15.2 Å². The lowest BCUT2D eigenvalue weighted by atomic mass is 9.80. The summed E-state index contributed by atoms with van der Waals surface area (Å²) in [7, 11) is 0. The summed E-state index contributed by atoms with van der Waals surface area (Å²) in [5, 5.41) is 10.6. The molecule has 7 heteroatoms. The highest BCUT2D eigenvalue weighted by molar-refractivity contribution is 6.00. The Morgan fingerprint density at radius 3 is 2.95 bits per heavy atom. The number of H-pyrrole nitrogens is 1. The van der Waals surface area contributed by atoms with E-state index >= 15 is 0 Å². The van der Waals surface area contributed by atoms with Gasteiger partial charge in [-0.1, -0.05) is 6.42 Å². The number of primary amides is 1. The third kappa shape index (κ3) is 2.72. The van der Waals surface area contributed by atoms with E-state index in [9.17, 15) is 9.59 Å². The predicted molar refractivity (Wildman–Crippen MR) is 77.2 cm³/mol. The Labute approximate surface area is 121 Å². The number of carbonyl (C=O) groups excluding carboxylic acids is 2. The van der Waals surface area contributed by atoms with Crippen molar-refractivity contribution in [1.29, 1.82) is 0 Å². The van der Waals surface area contributed by atoms with Gasteiger partial charge in [-0.15, -0.1) is 0 Å². The van der Waals surface area contributed by atoms with Crippen LogP contribution in [0.3, 0.4) is 0 Å². The van der Waals surface area contributed by atoms with Crippen LogP contribution in [-0.4, -0.2) is 27.0 Å². The van der Waals surface area contributed by atoms with Crippen LogP contribution in [0, 0.1) is 11.8 Å². The highest BCUT2D eigenvalue weighted by Gasteiger charge is 2.30. The third-order valence-corrected chi connectivity index (χ3v) is 4.05. The molecular formula is C14H17N5O2. The largest absolute Gasteiger partial charge is 0.369 e. The van der Waals surface area contributed by atoms with Crippen LogP contribution in [0.5, 0.6) is 0 Å². The van der Waals surface area contributed by atoms with E-state index < -0.39 is 0 Å². The average molecular weight is 287 g/mol. The first-order valence-corrected chi connectivity index (χ1v) is 7.03. The lowest BCUT2D eigenvalue weighted by molar-refractivity contribution is -0.125. The number of hydrogen-bond donors (Lipinski definition) is 3. The van der Waals surface area contributed by atoms with Gasteiger partial charge in [0.25, 0.3) is 0 Å². The molecule has 0 aromatic carbocycles. The quantitative estimate of drug-likeness (QED) is 0.786. The van der Waals surface area contributed by atoms with Crippen LogP contribution < -0.4 is 11.1 Å². The molecule has 2 atom stereocenters. The molecule has 0 bridgehead atoms. The Bertz CT molecular complexity index is 681. The molecule has 2 heterocycles. The van der Waals surface area contributed by atoms with Gasteiger partial charge in [0, 0.05) is 23.4 Å². The molecule has 110 valence electrons. The number of nitrogens with two attached hydrogens (primary N) is 1. The van der Waals surface area contributed by atoms with Gasteiger partial charge in [-0.25, -0.2) is 0 Å². The smallest absolute Gasteiger partial charge is 0.228 e. The zero-order chi connectivity index (χ0) is 14.8. The van der Waals surface area contributed by atoms with E-state index in [1.165, 1.54) is 0 Å². The number of fused-ring (bicyclic) bond motifs is 1. The number of aromatic amines is 1. The molecule has 21 heavy (non-hydrogen) atoms. The number of pyridine rings is 1. The summed E-state index contributed by atoms with van der Waals surface area (Å²) in [6.45, 7) is 0. The number of amides is 2. The van der Waals surface area contributed by atoms with Crippen LogP contribution in [0.25, 0.3) is 10.9 Å². The second-order valence-corrected chi connectivity index (χ2v) is 5.45. The van der Waals surface area contributed by atoms with Crippen molar-refractivity contribution >= 4 is 28.5 Å². The Morgan fingerprint density at radius 1 is 1.33 bits per heavy atom. The molecule has 0 spiro atoms. The number of anilines is 1. The molecule has 7 nitrogen and oxygen atoms in total. The molecule has 2 unspecified atom stereocenters. The molecule has 1 aliphatic rings. The molecule has 1 saturated carbocycles. The zero-order valence-electron chi connectivity index (χ0n) is 11.5. The monoisotopic (exact) mass is 287 g/mol. The van der Waals surface area contributed by atoms with Crippen molar-refractivity contribution in [2.24, 2.45) is 17.6 Å². The Kier molecular flexibility index (Phi) is 3.55. The average Bonchev–Trinajstić information content (AvgIpc) is 2.91. The van der Waals surface area contributed by atoms with Crippen LogP contribution >= 0.6 is 0 Å². The number of nitrogens with one attached hydrogen (secondary N) is 2. The molecule has 2 aromatic heterocycles. The normalized spacial score (nSPS) is 22.1. The Balaban J connectivity index is 1.72. The second-order valence-electron chi connectivity index (χ2n) is 5.45. The van der Waals surface area contributed by atoms with Crippen LogP contribution in [-0.2, 0) is 9.59 Å². The predicted octanol–water partition coefficient (Wildman–Crippen LogP) is 1.19. The number of nitrogens with zero attached hydrogens (tertiary/aromatic N) is 2. The van der Waals surface area contributed by atoms with E-state index in [4.69, 9.17) is 5.73 Å². The van der Waals surface area contributed by atoms with Crippen LogP contribution in [0.4, 0.5) is 5.82 Å². The highest BCUT2D eigenvalue weighted by atomic mass is 16.2. The van der Waals surface area contributed by atoms with Crippen LogP contribution in [0.1, 0.15) is 25.7 Å². The van der Waals surface area contributed by atoms with Crippen molar-refractivity contribution in [3.63, 3.8) is 0 Å². The van der Waals surface area contributed by atoms with Gasteiger partial charge in [-0.3, -0.25) is 19.7 Å². The number of carbonyl (C=O) groups is 2. The third-order valence-electron chi connectivity index (χ3n) is 4.05. The fourth-order valence-electron chi connectivity index (χ4n) is 2.87. The van der Waals surface area contributed by atoms with E-state index in [1.54, 1.807) is 18.5 Å². The summed E-state index contributed by atoms with van der Waals surface area (Å²) in [5.74, 6) is -0.312. The first-order chi connectivity index (χ1) is 10.1. The van der Waals surface area contributed by atoms with Gasteiger partial charge in [0.2, 0.25) is 11.8 Å². The Hall–Kier alpha value is -2.44. The summed E-state index contributed by atoms with van der Waals surface area (Å²) >= 11 is 0. The Morgan fingerprint density at radius 2 is 2.14 bits per heavy atom. The van der Waals surface area contributed by atoms with Gasteiger partial charge < -0.3 is 11.1 Å². The van der Waals surface area contributed by atoms with Crippen molar-refractivity contribution in [3.8, 4) is 0 Å². The minimum atomic E-state index is -0.316. The number of rotatable bonds is 3. The molecule has 4 N–H and O–H groups in total. The molecule has 1 fully saturated rings. The van der Waals surface area contributed by atoms with Gasteiger partial charge in [-0.2, -0.15) is 5.10 Å². The molecule has 2 amide bonds. The highest BCUT2D eigenvalue weighted by Crippen LogP contribution is 2.30. The summed E-state index contributed by atoms with van der Waals surface area (Å²) in [6.07, 6.45) is 6.22.